The van der Waals surface area contributed by atoms with Gasteiger partial charge in [-0.05, 0) is 12.3 Å². The van der Waals surface area contributed by atoms with Gasteiger partial charge in [-0.3, -0.25) is 9.59 Å². The number of carboxylic acid groups (broad SMARTS) is 1. The van der Waals surface area contributed by atoms with E-state index < -0.39 is 24.0 Å². The van der Waals surface area contributed by atoms with Crippen molar-refractivity contribution >= 4 is 17.8 Å². The Kier molecular flexibility index (Phi) is 7.27. The molecule has 0 saturated carbocycles. The third-order valence-corrected chi connectivity index (χ3v) is 2.34. The first-order valence-electron chi connectivity index (χ1n) is 6.01. The minimum absolute atomic E-state index is 0.102. The van der Waals surface area contributed by atoms with E-state index in [1.807, 2.05) is 13.8 Å². The first-order chi connectivity index (χ1) is 8.77. The van der Waals surface area contributed by atoms with Crippen LogP contribution in [0.5, 0.6) is 0 Å². The highest BCUT2D eigenvalue weighted by Crippen LogP contribution is 2.06. The Balaban J connectivity index is 4.74. The quantitative estimate of drug-likeness (QED) is 0.572. The van der Waals surface area contributed by atoms with E-state index in [1.54, 1.807) is 0 Å². The molecule has 0 fully saturated rings. The van der Waals surface area contributed by atoms with Crippen molar-refractivity contribution in [2.45, 2.75) is 45.7 Å². The molecule has 0 aromatic carbocycles. The van der Waals surface area contributed by atoms with Crippen molar-refractivity contribution in [1.29, 1.82) is 0 Å². The molecule has 0 spiro atoms. The van der Waals surface area contributed by atoms with Crippen LogP contribution in [0.4, 0.5) is 0 Å². The van der Waals surface area contributed by atoms with Crippen molar-refractivity contribution in [3.05, 3.63) is 0 Å². The van der Waals surface area contributed by atoms with E-state index in [1.165, 1.54) is 6.92 Å². The molecular weight excluding hydrogens is 248 g/mol. The van der Waals surface area contributed by atoms with Gasteiger partial charge in [0.1, 0.15) is 12.1 Å². The molecule has 6 heteroatoms. The topological polar surface area (TPSA) is 95.5 Å². The normalized spacial score (nSPS) is 13.2. The molecule has 3 N–H and O–H groups in total. The van der Waals surface area contributed by atoms with E-state index in [-0.39, 0.29) is 18.2 Å². The van der Waals surface area contributed by atoms with Gasteiger partial charge in [0.25, 0.3) is 0 Å². The van der Waals surface area contributed by atoms with Gasteiger partial charge in [-0.25, -0.2) is 4.79 Å². The van der Waals surface area contributed by atoms with Gasteiger partial charge in [0.05, 0.1) is 0 Å². The van der Waals surface area contributed by atoms with E-state index in [0.717, 1.165) is 0 Å². The lowest BCUT2D eigenvalue weighted by atomic mass is 10.0. The van der Waals surface area contributed by atoms with Gasteiger partial charge in [0.15, 0.2) is 0 Å². The second-order valence-corrected chi connectivity index (χ2v) is 4.69. The number of hydrogen-bond acceptors (Lipinski definition) is 3. The largest absolute Gasteiger partial charge is 0.480 e. The standard InChI is InChI=1S/C13H20N2O4/c1-5-6-10(13(18)19)15-12(17)11(7-8(2)3)14-9(4)16/h1,8,10-11H,6-7H2,2-4H3,(H,14,16)(H,15,17)(H,18,19)/t10-,11+/m1/s1. The third-order valence-electron chi connectivity index (χ3n) is 2.34. The summed E-state index contributed by atoms with van der Waals surface area (Å²) in [5.74, 6) is 0.296. The summed E-state index contributed by atoms with van der Waals surface area (Å²) >= 11 is 0. The fourth-order valence-corrected chi connectivity index (χ4v) is 1.54. The van der Waals surface area contributed by atoms with E-state index in [4.69, 9.17) is 11.5 Å². The van der Waals surface area contributed by atoms with Gasteiger partial charge in [0, 0.05) is 13.3 Å². The molecule has 0 unspecified atom stereocenters. The zero-order chi connectivity index (χ0) is 15.0. The van der Waals surface area contributed by atoms with Crippen molar-refractivity contribution in [2.75, 3.05) is 0 Å². The van der Waals surface area contributed by atoms with Crippen molar-refractivity contribution in [2.24, 2.45) is 5.92 Å². The predicted octanol–water partition coefficient (Wildman–Crippen LogP) is 0.130. The zero-order valence-electron chi connectivity index (χ0n) is 11.4. The Morgan fingerprint density at radius 1 is 1.21 bits per heavy atom. The van der Waals surface area contributed by atoms with Gasteiger partial charge < -0.3 is 15.7 Å². The summed E-state index contributed by atoms with van der Waals surface area (Å²) in [6.45, 7) is 5.10. The van der Waals surface area contributed by atoms with Crippen LogP contribution in [0.25, 0.3) is 0 Å². The van der Waals surface area contributed by atoms with Gasteiger partial charge in [-0.2, -0.15) is 0 Å². The van der Waals surface area contributed by atoms with Crippen LogP contribution in [-0.4, -0.2) is 35.0 Å². The molecule has 0 saturated heterocycles. The molecule has 0 aliphatic carbocycles. The summed E-state index contributed by atoms with van der Waals surface area (Å²) in [4.78, 5) is 33.9. The van der Waals surface area contributed by atoms with Crippen molar-refractivity contribution in [1.82, 2.24) is 10.6 Å². The van der Waals surface area contributed by atoms with Crippen molar-refractivity contribution in [3.8, 4) is 12.3 Å². The Labute approximate surface area is 112 Å². The Hall–Kier alpha value is -2.03. The fourth-order valence-electron chi connectivity index (χ4n) is 1.54. The Morgan fingerprint density at radius 3 is 2.16 bits per heavy atom. The molecule has 2 atom stereocenters. The van der Waals surface area contributed by atoms with E-state index in [2.05, 4.69) is 16.6 Å². The van der Waals surface area contributed by atoms with Crippen LogP contribution in [0.2, 0.25) is 0 Å². The lowest BCUT2D eigenvalue weighted by molar-refractivity contribution is -0.142. The highest BCUT2D eigenvalue weighted by molar-refractivity contribution is 5.90. The summed E-state index contributed by atoms with van der Waals surface area (Å²) in [5, 5.41) is 13.7. The molecule has 2 amide bonds. The lowest BCUT2D eigenvalue weighted by Crippen LogP contribution is -2.51. The number of nitrogens with one attached hydrogen (secondary N) is 2. The SMILES string of the molecule is C#CC[C@@H](NC(=O)[C@H](CC(C)C)NC(C)=O)C(=O)O. The summed E-state index contributed by atoms with van der Waals surface area (Å²) in [5.41, 5.74) is 0. The van der Waals surface area contributed by atoms with Crippen molar-refractivity contribution in [3.63, 3.8) is 0 Å². The number of carbonyl (C=O) groups excluding carboxylic acids is 2. The Morgan fingerprint density at radius 2 is 1.79 bits per heavy atom. The molecule has 0 rings (SSSR count). The highest BCUT2D eigenvalue weighted by Gasteiger charge is 2.25. The summed E-state index contributed by atoms with van der Waals surface area (Å²) in [7, 11) is 0. The van der Waals surface area contributed by atoms with Crippen molar-refractivity contribution < 1.29 is 19.5 Å². The molecule has 19 heavy (non-hydrogen) atoms. The number of carboxylic acids is 1. The average Bonchev–Trinajstić information content (AvgIpc) is 2.25. The number of amides is 2. The second kappa shape index (κ2) is 8.14. The van der Waals surface area contributed by atoms with Crippen LogP contribution in [0.3, 0.4) is 0 Å². The predicted molar refractivity (Wildman–Crippen MR) is 70.1 cm³/mol. The van der Waals surface area contributed by atoms with Crippen LogP contribution in [0.1, 0.15) is 33.6 Å². The molecule has 0 aliphatic heterocycles. The fraction of sp³-hybridized carbons (Fsp3) is 0.615. The smallest absolute Gasteiger partial charge is 0.327 e. The molecule has 0 aromatic rings. The maximum atomic E-state index is 11.9. The van der Waals surface area contributed by atoms with Gasteiger partial charge >= 0.3 is 5.97 Å². The maximum Gasteiger partial charge on any atom is 0.327 e. The van der Waals surface area contributed by atoms with Crippen LogP contribution in [0, 0.1) is 18.3 Å². The first-order valence-corrected chi connectivity index (χ1v) is 6.01. The number of hydrogen-bond donors (Lipinski definition) is 3. The summed E-state index contributed by atoms with van der Waals surface area (Å²) in [6.07, 6.45) is 5.37. The summed E-state index contributed by atoms with van der Waals surface area (Å²) < 4.78 is 0. The second-order valence-electron chi connectivity index (χ2n) is 4.69. The van der Waals surface area contributed by atoms with Crippen LogP contribution in [0.15, 0.2) is 0 Å². The van der Waals surface area contributed by atoms with Crippen LogP contribution in [-0.2, 0) is 14.4 Å². The zero-order valence-corrected chi connectivity index (χ0v) is 11.4. The molecule has 0 heterocycles. The summed E-state index contributed by atoms with van der Waals surface area (Å²) in [6, 6.07) is -1.89. The van der Waals surface area contributed by atoms with E-state index in [9.17, 15) is 14.4 Å². The molecular formula is C13H20N2O4. The van der Waals surface area contributed by atoms with Gasteiger partial charge in [-0.15, -0.1) is 12.3 Å². The third kappa shape index (κ3) is 7.09. The maximum absolute atomic E-state index is 11.9. The molecule has 0 radical (unpaired) electrons. The number of rotatable bonds is 7. The van der Waals surface area contributed by atoms with Gasteiger partial charge in [0.2, 0.25) is 11.8 Å². The molecule has 0 aliphatic rings. The number of aliphatic carboxylic acids is 1. The van der Waals surface area contributed by atoms with E-state index in [0.29, 0.717) is 6.42 Å². The molecule has 0 bridgehead atoms. The molecule has 106 valence electrons. The first kappa shape index (κ1) is 17.0. The monoisotopic (exact) mass is 268 g/mol. The molecule has 0 aromatic heterocycles. The Bertz CT molecular complexity index is 385. The molecule has 6 nitrogen and oxygen atoms in total. The van der Waals surface area contributed by atoms with Crippen LogP contribution >= 0.6 is 0 Å². The minimum atomic E-state index is -1.20. The minimum Gasteiger partial charge on any atom is -0.480 e. The number of carbonyl (C=O) groups is 3. The average molecular weight is 268 g/mol. The highest BCUT2D eigenvalue weighted by atomic mass is 16.4. The van der Waals surface area contributed by atoms with E-state index >= 15 is 0 Å². The number of terminal acetylenes is 1. The lowest BCUT2D eigenvalue weighted by Gasteiger charge is -2.21. The van der Waals surface area contributed by atoms with Crippen LogP contribution < -0.4 is 10.6 Å². The van der Waals surface area contributed by atoms with Gasteiger partial charge in [-0.1, -0.05) is 13.8 Å².